The van der Waals surface area contributed by atoms with Gasteiger partial charge < -0.3 is 10.6 Å². The quantitative estimate of drug-likeness (QED) is 0.860. The zero-order valence-electron chi connectivity index (χ0n) is 11.1. The first-order chi connectivity index (χ1) is 8.65. The van der Waals surface area contributed by atoms with E-state index in [9.17, 15) is 4.79 Å². The predicted octanol–water partition coefficient (Wildman–Crippen LogP) is 3.03. The Balaban J connectivity index is 1.91. The van der Waals surface area contributed by atoms with Crippen molar-refractivity contribution in [1.82, 2.24) is 4.98 Å². The van der Waals surface area contributed by atoms with Crippen LogP contribution in [0.3, 0.4) is 0 Å². The van der Waals surface area contributed by atoms with E-state index in [1.165, 1.54) is 12.8 Å². The van der Waals surface area contributed by atoms with E-state index in [0.717, 1.165) is 24.3 Å². The maximum atomic E-state index is 11.9. The number of amides is 1. The first kappa shape index (κ1) is 12.9. The number of aromatic nitrogens is 1. The molecule has 0 saturated heterocycles. The number of hydrogen-bond acceptors (Lipinski definition) is 3. The van der Waals surface area contributed by atoms with Gasteiger partial charge in [-0.1, -0.05) is 12.8 Å². The number of nitrogens with one attached hydrogen (secondary N) is 2. The minimum Gasteiger partial charge on any atom is -0.368 e. The van der Waals surface area contributed by atoms with E-state index in [1.54, 1.807) is 6.20 Å². The third-order valence-corrected chi connectivity index (χ3v) is 3.19. The maximum Gasteiger partial charge on any atom is 0.227 e. The highest BCUT2D eigenvalue weighted by molar-refractivity contribution is 5.92. The smallest absolute Gasteiger partial charge is 0.227 e. The number of carbonyl (C=O) groups excluding carboxylic acids is 1. The van der Waals surface area contributed by atoms with Crippen LogP contribution in [0.15, 0.2) is 18.3 Å². The van der Waals surface area contributed by atoms with Gasteiger partial charge in [-0.3, -0.25) is 4.79 Å². The largest absolute Gasteiger partial charge is 0.368 e. The Hall–Kier alpha value is -1.58. The molecule has 1 aliphatic rings. The summed E-state index contributed by atoms with van der Waals surface area (Å²) in [6.07, 6.45) is 6.09. The van der Waals surface area contributed by atoms with E-state index in [0.29, 0.717) is 6.04 Å². The van der Waals surface area contributed by atoms with Crippen molar-refractivity contribution in [2.24, 2.45) is 5.92 Å². The molecular weight excluding hydrogens is 226 g/mol. The van der Waals surface area contributed by atoms with Crippen LogP contribution in [0.5, 0.6) is 0 Å². The van der Waals surface area contributed by atoms with Crippen molar-refractivity contribution in [3.05, 3.63) is 18.3 Å². The molecule has 0 aliphatic heterocycles. The lowest BCUT2D eigenvalue weighted by atomic mass is 10.1. The van der Waals surface area contributed by atoms with Gasteiger partial charge in [-0.15, -0.1) is 0 Å². The summed E-state index contributed by atoms with van der Waals surface area (Å²) in [5, 5.41) is 6.15. The summed E-state index contributed by atoms with van der Waals surface area (Å²) >= 11 is 0. The lowest BCUT2D eigenvalue weighted by molar-refractivity contribution is -0.119. The SMILES string of the molecule is CC(C)Nc1ccc(NC(=O)C2CCCC2)cn1. The van der Waals surface area contributed by atoms with Gasteiger partial charge in [-0.25, -0.2) is 4.98 Å². The number of pyridine rings is 1. The Morgan fingerprint density at radius 2 is 2.06 bits per heavy atom. The van der Waals surface area contributed by atoms with Gasteiger partial charge in [0.2, 0.25) is 5.91 Å². The molecule has 4 nitrogen and oxygen atoms in total. The van der Waals surface area contributed by atoms with Crippen LogP contribution >= 0.6 is 0 Å². The fourth-order valence-corrected chi connectivity index (χ4v) is 2.28. The van der Waals surface area contributed by atoms with E-state index < -0.39 is 0 Å². The van der Waals surface area contributed by atoms with Gasteiger partial charge in [0.1, 0.15) is 5.82 Å². The molecule has 1 saturated carbocycles. The van der Waals surface area contributed by atoms with Gasteiger partial charge in [0.15, 0.2) is 0 Å². The van der Waals surface area contributed by atoms with Crippen LogP contribution in [0, 0.1) is 5.92 Å². The zero-order valence-corrected chi connectivity index (χ0v) is 11.1. The second-order valence-corrected chi connectivity index (χ2v) is 5.20. The third kappa shape index (κ3) is 3.45. The number of hydrogen-bond donors (Lipinski definition) is 2. The maximum absolute atomic E-state index is 11.9. The van der Waals surface area contributed by atoms with Crippen molar-refractivity contribution in [2.75, 3.05) is 10.6 Å². The number of carbonyl (C=O) groups is 1. The molecule has 0 aromatic carbocycles. The number of rotatable bonds is 4. The van der Waals surface area contributed by atoms with Gasteiger partial charge in [0.05, 0.1) is 11.9 Å². The van der Waals surface area contributed by atoms with Crippen molar-refractivity contribution in [3.63, 3.8) is 0 Å². The molecule has 1 aliphatic carbocycles. The lowest BCUT2D eigenvalue weighted by Crippen LogP contribution is -2.20. The van der Waals surface area contributed by atoms with Gasteiger partial charge >= 0.3 is 0 Å². The second kappa shape index (κ2) is 5.85. The van der Waals surface area contributed by atoms with E-state index >= 15 is 0 Å². The monoisotopic (exact) mass is 247 g/mol. The Bertz CT molecular complexity index is 394. The summed E-state index contributed by atoms with van der Waals surface area (Å²) in [5.41, 5.74) is 0.779. The Morgan fingerprint density at radius 1 is 1.33 bits per heavy atom. The summed E-state index contributed by atoms with van der Waals surface area (Å²) in [7, 11) is 0. The van der Waals surface area contributed by atoms with Crippen LogP contribution in [0.2, 0.25) is 0 Å². The van der Waals surface area contributed by atoms with Gasteiger partial charge in [-0.2, -0.15) is 0 Å². The fourth-order valence-electron chi connectivity index (χ4n) is 2.28. The Labute approximate surface area is 108 Å². The lowest BCUT2D eigenvalue weighted by Gasteiger charge is -2.12. The predicted molar refractivity (Wildman–Crippen MR) is 73.6 cm³/mol. The molecule has 18 heavy (non-hydrogen) atoms. The molecule has 2 N–H and O–H groups in total. The van der Waals surface area contributed by atoms with Crippen molar-refractivity contribution in [2.45, 2.75) is 45.6 Å². The van der Waals surface area contributed by atoms with E-state index in [1.807, 2.05) is 12.1 Å². The average Bonchev–Trinajstić information content (AvgIpc) is 2.84. The van der Waals surface area contributed by atoms with Crippen molar-refractivity contribution >= 4 is 17.4 Å². The minimum atomic E-state index is 0.138. The molecule has 1 fully saturated rings. The van der Waals surface area contributed by atoms with Crippen LogP contribution in [0.1, 0.15) is 39.5 Å². The van der Waals surface area contributed by atoms with Crippen molar-refractivity contribution in [1.29, 1.82) is 0 Å². The van der Waals surface area contributed by atoms with Crippen LogP contribution in [-0.2, 0) is 4.79 Å². The van der Waals surface area contributed by atoms with Crippen molar-refractivity contribution < 1.29 is 4.79 Å². The molecule has 1 aromatic rings. The number of nitrogens with zero attached hydrogens (tertiary/aromatic N) is 1. The first-order valence-electron chi connectivity index (χ1n) is 6.68. The van der Waals surface area contributed by atoms with Crippen LogP contribution < -0.4 is 10.6 Å². The van der Waals surface area contributed by atoms with Crippen molar-refractivity contribution in [3.8, 4) is 0 Å². The standard InChI is InChI=1S/C14H21N3O/c1-10(2)16-13-8-7-12(9-15-13)17-14(18)11-5-3-4-6-11/h7-11H,3-6H2,1-2H3,(H,15,16)(H,17,18). The topological polar surface area (TPSA) is 54.0 Å². The Kier molecular flexibility index (Phi) is 4.18. The van der Waals surface area contributed by atoms with Gasteiger partial charge in [0, 0.05) is 12.0 Å². The molecule has 1 amide bonds. The summed E-state index contributed by atoms with van der Waals surface area (Å²) < 4.78 is 0. The zero-order chi connectivity index (χ0) is 13.0. The Morgan fingerprint density at radius 3 is 2.61 bits per heavy atom. The fraction of sp³-hybridized carbons (Fsp3) is 0.571. The number of anilines is 2. The summed E-state index contributed by atoms with van der Waals surface area (Å²) in [6.45, 7) is 4.13. The normalized spacial score (nSPS) is 15.9. The summed E-state index contributed by atoms with van der Waals surface area (Å²) in [6, 6.07) is 4.14. The van der Waals surface area contributed by atoms with Crippen LogP contribution in [0.25, 0.3) is 0 Å². The average molecular weight is 247 g/mol. The molecule has 1 aromatic heterocycles. The van der Waals surface area contributed by atoms with E-state index in [-0.39, 0.29) is 11.8 Å². The van der Waals surface area contributed by atoms with E-state index in [4.69, 9.17) is 0 Å². The molecular formula is C14H21N3O. The summed E-state index contributed by atoms with van der Waals surface area (Å²) in [4.78, 5) is 16.2. The van der Waals surface area contributed by atoms with Crippen LogP contribution in [-0.4, -0.2) is 16.9 Å². The molecule has 0 atom stereocenters. The van der Waals surface area contributed by atoms with Gasteiger partial charge in [0.25, 0.3) is 0 Å². The summed E-state index contributed by atoms with van der Waals surface area (Å²) in [5.74, 6) is 1.17. The molecule has 0 unspecified atom stereocenters. The molecule has 0 radical (unpaired) electrons. The molecule has 0 spiro atoms. The molecule has 98 valence electrons. The van der Waals surface area contributed by atoms with Gasteiger partial charge in [-0.05, 0) is 38.8 Å². The highest BCUT2D eigenvalue weighted by Crippen LogP contribution is 2.26. The van der Waals surface area contributed by atoms with E-state index in [2.05, 4.69) is 29.5 Å². The second-order valence-electron chi connectivity index (χ2n) is 5.20. The first-order valence-corrected chi connectivity index (χ1v) is 6.68. The molecule has 0 bridgehead atoms. The molecule has 1 heterocycles. The minimum absolute atomic E-state index is 0.138. The highest BCUT2D eigenvalue weighted by Gasteiger charge is 2.22. The third-order valence-electron chi connectivity index (χ3n) is 3.19. The highest BCUT2D eigenvalue weighted by atomic mass is 16.1. The molecule has 4 heteroatoms. The van der Waals surface area contributed by atoms with Crippen LogP contribution in [0.4, 0.5) is 11.5 Å². The molecule has 2 rings (SSSR count).